The second-order valence-electron chi connectivity index (χ2n) is 3.79. The van der Waals surface area contributed by atoms with Gasteiger partial charge in [-0.05, 0) is 24.0 Å². The Labute approximate surface area is 148 Å². The van der Waals surface area contributed by atoms with Gasteiger partial charge in [-0.25, -0.2) is 0 Å². The number of nitrogens with two attached hydrogens (primary N) is 1. The molecule has 0 atom stereocenters. The minimum atomic E-state index is 0. The number of hydrogen-bond acceptors (Lipinski definition) is 2. The van der Waals surface area contributed by atoms with E-state index >= 15 is 0 Å². The number of aryl methyl sites for hydroxylation is 2. The fourth-order valence-corrected chi connectivity index (χ4v) is 1.58. The van der Waals surface area contributed by atoms with Crippen LogP contribution in [0, 0.1) is 0 Å². The van der Waals surface area contributed by atoms with Crippen molar-refractivity contribution in [1.29, 1.82) is 0 Å². The molecule has 0 bridgehead atoms. The van der Waals surface area contributed by atoms with Gasteiger partial charge in [0.15, 0.2) is 0 Å². The van der Waals surface area contributed by atoms with E-state index in [1.54, 1.807) is 0 Å². The summed E-state index contributed by atoms with van der Waals surface area (Å²) in [7, 11) is 0. The van der Waals surface area contributed by atoms with Crippen LogP contribution in [0.2, 0.25) is 0 Å². The summed E-state index contributed by atoms with van der Waals surface area (Å²) in [4.78, 5) is 0. The molecule has 0 saturated carbocycles. The van der Waals surface area contributed by atoms with Crippen LogP contribution in [0.1, 0.15) is 11.1 Å². The van der Waals surface area contributed by atoms with Gasteiger partial charge < -0.3 is 30.6 Å². The summed E-state index contributed by atoms with van der Waals surface area (Å²) in [5, 5.41) is 0. The van der Waals surface area contributed by atoms with Gasteiger partial charge in [0.05, 0.1) is 0 Å². The molecule has 0 aliphatic heterocycles. The van der Waals surface area contributed by atoms with E-state index in [4.69, 9.17) is 0 Å². The summed E-state index contributed by atoms with van der Waals surface area (Å²) in [6, 6.07) is 21.2. The molecule has 0 fully saturated rings. The fourth-order valence-electron chi connectivity index (χ4n) is 1.58. The molecule has 19 heavy (non-hydrogen) atoms. The molecule has 0 unspecified atom stereocenters. The number of hydrogen-bond donors (Lipinski definition) is 1. The van der Waals surface area contributed by atoms with Gasteiger partial charge in [0.1, 0.15) is 0 Å². The van der Waals surface area contributed by atoms with Crippen molar-refractivity contribution in [3.05, 3.63) is 71.8 Å². The third-order valence-electron chi connectivity index (χ3n) is 2.39. The molecule has 0 spiro atoms. The quantitative estimate of drug-likeness (QED) is 0.500. The zero-order valence-corrected chi connectivity index (χ0v) is 14.7. The maximum Gasteiger partial charge on any atom is 1.00 e. The van der Waals surface area contributed by atoms with Crippen molar-refractivity contribution < 1.29 is 29.6 Å². The van der Waals surface area contributed by atoms with E-state index in [0.717, 1.165) is 12.8 Å². The van der Waals surface area contributed by atoms with E-state index in [2.05, 4.69) is 91.2 Å². The molecule has 0 aliphatic carbocycles. The minimum Gasteiger partial charge on any atom is -0.415 e. The fraction of sp³-hybridized carbons (Fsp3) is 0.133. The maximum atomic E-state index is 4.66. The van der Waals surface area contributed by atoms with Gasteiger partial charge in [0.2, 0.25) is 0 Å². The molecule has 1 nitrogen and oxygen atoms in total. The minimum absolute atomic E-state index is 0. The Morgan fingerprint density at radius 3 is 1.37 bits per heavy atom. The van der Waals surface area contributed by atoms with Crippen LogP contribution in [-0.4, -0.2) is 4.32 Å². The monoisotopic (exact) mass is 297 g/mol. The third-order valence-corrected chi connectivity index (χ3v) is 2.39. The van der Waals surface area contributed by atoms with E-state index in [-0.39, 0.29) is 33.9 Å². The Morgan fingerprint density at radius 1 is 0.842 bits per heavy atom. The summed E-state index contributed by atoms with van der Waals surface area (Å²) < 4.78 is 0.0833. The van der Waals surface area contributed by atoms with Crippen molar-refractivity contribution in [3.63, 3.8) is 0 Å². The van der Waals surface area contributed by atoms with Crippen LogP contribution in [0.3, 0.4) is 0 Å². The Hall–Kier alpha value is -0.450. The van der Waals surface area contributed by atoms with E-state index in [1.165, 1.54) is 11.1 Å². The predicted molar refractivity (Wildman–Crippen MR) is 84.4 cm³/mol. The predicted octanol–water partition coefficient (Wildman–Crippen LogP) is 0.253. The van der Waals surface area contributed by atoms with Crippen molar-refractivity contribution in [3.8, 4) is 0 Å². The zero-order valence-electron chi connectivity index (χ0n) is 11.1. The van der Waals surface area contributed by atoms with Crippen LogP contribution in [0.4, 0.5) is 0 Å². The number of benzene rings is 2. The molecular weight excluding hydrogens is 281 g/mol. The van der Waals surface area contributed by atoms with Gasteiger partial charge in [0.25, 0.3) is 0 Å². The van der Waals surface area contributed by atoms with Gasteiger partial charge in [-0.3, -0.25) is 0 Å². The van der Waals surface area contributed by atoms with Crippen molar-refractivity contribution in [2.75, 3.05) is 0 Å². The van der Waals surface area contributed by atoms with Crippen LogP contribution < -0.4 is 35.3 Å². The molecule has 0 aliphatic rings. The third kappa shape index (κ3) is 10.0. The van der Waals surface area contributed by atoms with Gasteiger partial charge >= 0.3 is 29.6 Å². The van der Waals surface area contributed by atoms with E-state index in [1.807, 2.05) is 0 Å². The summed E-state index contributed by atoms with van der Waals surface area (Å²) in [6.45, 7) is 0. The first kappa shape index (κ1) is 18.6. The normalized spacial score (nSPS) is 8.63. The van der Waals surface area contributed by atoms with Gasteiger partial charge in [-0.2, -0.15) is 0 Å². The Kier molecular flexibility index (Phi) is 11.1. The van der Waals surface area contributed by atoms with Crippen LogP contribution in [0.25, 0.3) is 0 Å². The molecule has 2 rings (SSSR count). The average molecular weight is 297 g/mol. The molecule has 2 aromatic rings. The standard InChI is InChI=1S/C14H14.CH3NS2.Na/c1-3-7-13(8-4-1)11-12-14-9-5-2-6-10-14;2-1(3)4;/h1-10H,11-12H2;(H3,2,3,4);/q;;+1/p-1. The number of thiocarbonyl (C=S) groups is 1. The Bertz CT molecular complexity index is 417. The summed E-state index contributed by atoms with van der Waals surface area (Å²) in [6.07, 6.45) is 2.26. The molecule has 2 N–H and O–H groups in total. The van der Waals surface area contributed by atoms with Crippen molar-refractivity contribution in [2.24, 2.45) is 5.73 Å². The van der Waals surface area contributed by atoms with E-state index in [0.29, 0.717) is 0 Å². The first-order valence-corrected chi connectivity index (χ1v) is 6.54. The van der Waals surface area contributed by atoms with Crippen molar-refractivity contribution in [2.45, 2.75) is 12.8 Å². The van der Waals surface area contributed by atoms with Gasteiger partial charge in [0, 0.05) is 0 Å². The largest absolute Gasteiger partial charge is 1.00 e. The SMILES string of the molecule is NC(=S)[S-].[Na+].c1ccc(CCc2ccccc2)cc1. The molecule has 94 valence electrons. The first-order valence-electron chi connectivity index (χ1n) is 5.73. The topological polar surface area (TPSA) is 26.0 Å². The molecule has 2 aromatic carbocycles. The molecule has 0 amide bonds. The van der Waals surface area contributed by atoms with Crippen LogP contribution >= 0.6 is 12.2 Å². The van der Waals surface area contributed by atoms with Crippen molar-refractivity contribution in [1.82, 2.24) is 0 Å². The van der Waals surface area contributed by atoms with Crippen LogP contribution in [0.5, 0.6) is 0 Å². The molecular formula is C15H16NNaS2. The van der Waals surface area contributed by atoms with Crippen LogP contribution in [0.15, 0.2) is 60.7 Å². The molecule has 4 heteroatoms. The Morgan fingerprint density at radius 2 is 1.11 bits per heavy atom. The molecule has 0 aromatic heterocycles. The number of rotatable bonds is 3. The smallest absolute Gasteiger partial charge is 0.415 e. The van der Waals surface area contributed by atoms with Gasteiger partial charge in [-0.15, -0.1) is 0 Å². The average Bonchev–Trinajstić information content (AvgIpc) is 2.38. The first-order chi connectivity index (χ1) is 8.68. The summed E-state index contributed by atoms with van der Waals surface area (Å²) >= 11 is 8.26. The van der Waals surface area contributed by atoms with Crippen molar-refractivity contribution >= 4 is 29.2 Å². The van der Waals surface area contributed by atoms with E-state index < -0.39 is 0 Å². The summed E-state index contributed by atoms with van der Waals surface area (Å²) in [5.41, 5.74) is 7.48. The second kappa shape index (κ2) is 11.4. The second-order valence-corrected chi connectivity index (χ2v) is 4.93. The molecule has 0 saturated heterocycles. The van der Waals surface area contributed by atoms with Crippen LogP contribution in [-0.2, 0) is 25.5 Å². The zero-order chi connectivity index (χ0) is 13.2. The summed E-state index contributed by atoms with van der Waals surface area (Å²) in [5.74, 6) is 0. The molecule has 0 heterocycles. The maximum absolute atomic E-state index is 4.66. The van der Waals surface area contributed by atoms with Gasteiger partial charge in [-0.1, -0.05) is 65.0 Å². The molecule has 0 radical (unpaired) electrons. The van der Waals surface area contributed by atoms with E-state index in [9.17, 15) is 0 Å². The Balaban J connectivity index is 0.000000576.